The SMILES string of the molecule is Cc1cc(C(=O)NCC(=O)NC(C)C)c2cnn(Cc3cccs3)c2n1. The Morgan fingerprint density at radius 1 is 1.35 bits per heavy atom. The number of nitrogens with zero attached hydrogens (tertiary/aromatic N) is 3. The molecule has 3 aromatic rings. The summed E-state index contributed by atoms with van der Waals surface area (Å²) in [6, 6.07) is 5.78. The molecule has 0 unspecified atom stereocenters. The molecule has 3 aromatic heterocycles. The maximum Gasteiger partial charge on any atom is 0.252 e. The zero-order valence-electron chi connectivity index (χ0n) is 14.9. The Kier molecular flexibility index (Phi) is 5.32. The van der Waals surface area contributed by atoms with Gasteiger partial charge in [0.1, 0.15) is 0 Å². The minimum absolute atomic E-state index is 0.0322. The van der Waals surface area contributed by atoms with E-state index in [9.17, 15) is 9.59 Å². The molecule has 26 heavy (non-hydrogen) atoms. The van der Waals surface area contributed by atoms with E-state index in [0.717, 1.165) is 10.6 Å². The summed E-state index contributed by atoms with van der Waals surface area (Å²) in [7, 11) is 0. The number of aryl methyl sites for hydroxylation is 1. The molecular weight excluding hydrogens is 350 g/mol. The van der Waals surface area contributed by atoms with Gasteiger partial charge in [-0.2, -0.15) is 5.10 Å². The second-order valence-electron chi connectivity index (χ2n) is 6.33. The Bertz CT molecular complexity index is 931. The number of nitrogens with one attached hydrogen (secondary N) is 2. The van der Waals surface area contributed by atoms with Crippen molar-refractivity contribution in [2.45, 2.75) is 33.4 Å². The third kappa shape index (κ3) is 4.08. The zero-order valence-corrected chi connectivity index (χ0v) is 15.8. The van der Waals surface area contributed by atoms with E-state index in [0.29, 0.717) is 23.1 Å². The van der Waals surface area contributed by atoms with Gasteiger partial charge in [0.05, 0.1) is 30.2 Å². The van der Waals surface area contributed by atoms with Gasteiger partial charge < -0.3 is 10.6 Å². The van der Waals surface area contributed by atoms with Crippen LogP contribution in [0.25, 0.3) is 11.0 Å². The van der Waals surface area contributed by atoms with E-state index in [2.05, 4.69) is 20.7 Å². The molecule has 0 atom stereocenters. The Balaban J connectivity index is 1.83. The van der Waals surface area contributed by atoms with Gasteiger partial charge in [0.2, 0.25) is 5.91 Å². The van der Waals surface area contributed by atoms with Crippen LogP contribution in [-0.4, -0.2) is 39.2 Å². The predicted molar refractivity (Wildman–Crippen MR) is 101 cm³/mol. The molecule has 0 aromatic carbocycles. The van der Waals surface area contributed by atoms with Crippen molar-refractivity contribution in [1.82, 2.24) is 25.4 Å². The topological polar surface area (TPSA) is 88.9 Å². The summed E-state index contributed by atoms with van der Waals surface area (Å²) in [6.45, 7) is 6.12. The van der Waals surface area contributed by atoms with E-state index in [-0.39, 0.29) is 24.4 Å². The van der Waals surface area contributed by atoms with E-state index in [1.807, 2.05) is 38.3 Å². The average Bonchev–Trinajstić information content (AvgIpc) is 3.22. The minimum atomic E-state index is -0.310. The molecule has 0 saturated carbocycles. The molecule has 7 nitrogen and oxygen atoms in total. The Hall–Kier alpha value is -2.74. The third-order valence-corrected chi connectivity index (χ3v) is 4.59. The van der Waals surface area contributed by atoms with Crippen LogP contribution < -0.4 is 10.6 Å². The van der Waals surface area contributed by atoms with Gasteiger partial charge in [-0.15, -0.1) is 11.3 Å². The van der Waals surface area contributed by atoms with Crippen LogP contribution in [0.2, 0.25) is 0 Å². The van der Waals surface area contributed by atoms with Crippen LogP contribution in [0.3, 0.4) is 0 Å². The first-order valence-corrected chi connectivity index (χ1v) is 9.25. The smallest absolute Gasteiger partial charge is 0.252 e. The molecule has 3 heterocycles. The fourth-order valence-electron chi connectivity index (χ4n) is 2.66. The van der Waals surface area contributed by atoms with Crippen LogP contribution in [0.15, 0.2) is 29.8 Å². The maximum atomic E-state index is 12.6. The maximum absolute atomic E-state index is 12.6. The van der Waals surface area contributed by atoms with Crippen LogP contribution in [0.1, 0.15) is 34.8 Å². The highest BCUT2D eigenvalue weighted by molar-refractivity contribution is 7.09. The average molecular weight is 371 g/mol. The quantitative estimate of drug-likeness (QED) is 0.694. The summed E-state index contributed by atoms with van der Waals surface area (Å²) in [5.74, 6) is -0.529. The van der Waals surface area contributed by atoms with Crippen molar-refractivity contribution in [3.63, 3.8) is 0 Å². The number of thiophene rings is 1. The number of hydrogen-bond donors (Lipinski definition) is 2. The van der Waals surface area contributed by atoms with E-state index < -0.39 is 0 Å². The first-order valence-electron chi connectivity index (χ1n) is 8.37. The first-order chi connectivity index (χ1) is 12.4. The summed E-state index contributed by atoms with van der Waals surface area (Å²) in [4.78, 5) is 30.0. The summed E-state index contributed by atoms with van der Waals surface area (Å²) in [6.07, 6.45) is 1.65. The highest BCUT2D eigenvalue weighted by atomic mass is 32.1. The van der Waals surface area contributed by atoms with E-state index in [1.165, 1.54) is 0 Å². The van der Waals surface area contributed by atoms with Gasteiger partial charge in [0, 0.05) is 16.6 Å². The van der Waals surface area contributed by atoms with Crippen LogP contribution in [0, 0.1) is 6.92 Å². The number of amides is 2. The Morgan fingerprint density at radius 3 is 2.85 bits per heavy atom. The highest BCUT2D eigenvalue weighted by Crippen LogP contribution is 2.20. The van der Waals surface area contributed by atoms with Gasteiger partial charge in [0.15, 0.2) is 5.65 Å². The number of pyridine rings is 1. The fourth-order valence-corrected chi connectivity index (χ4v) is 3.34. The highest BCUT2D eigenvalue weighted by Gasteiger charge is 2.17. The second-order valence-corrected chi connectivity index (χ2v) is 7.37. The first kappa shape index (κ1) is 18.1. The van der Waals surface area contributed by atoms with Crippen LogP contribution >= 0.6 is 11.3 Å². The summed E-state index contributed by atoms with van der Waals surface area (Å²) in [5, 5.41) is 12.5. The Morgan fingerprint density at radius 2 is 2.15 bits per heavy atom. The summed E-state index contributed by atoms with van der Waals surface area (Å²) in [5.41, 5.74) is 1.86. The van der Waals surface area contributed by atoms with Crippen molar-refractivity contribution < 1.29 is 9.59 Å². The number of carbonyl (C=O) groups excluding carboxylic acids is 2. The van der Waals surface area contributed by atoms with Crippen molar-refractivity contribution in [3.8, 4) is 0 Å². The molecule has 2 amide bonds. The molecule has 0 saturated heterocycles. The van der Waals surface area contributed by atoms with Gasteiger partial charge in [-0.1, -0.05) is 6.07 Å². The van der Waals surface area contributed by atoms with Gasteiger partial charge in [-0.05, 0) is 38.3 Å². The molecule has 2 N–H and O–H groups in total. The van der Waals surface area contributed by atoms with Crippen molar-refractivity contribution in [2.75, 3.05) is 6.54 Å². The van der Waals surface area contributed by atoms with E-state index >= 15 is 0 Å². The van der Waals surface area contributed by atoms with Crippen LogP contribution in [0.5, 0.6) is 0 Å². The van der Waals surface area contributed by atoms with Crippen molar-refractivity contribution in [3.05, 3.63) is 45.9 Å². The molecule has 3 rings (SSSR count). The molecule has 0 fully saturated rings. The molecule has 8 heteroatoms. The van der Waals surface area contributed by atoms with Crippen LogP contribution in [0.4, 0.5) is 0 Å². The largest absolute Gasteiger partial charge is 0.352 e. The van der Waals surface area contributed by atoms with Gasteiger partial charge in [0.25, 0.3) is 5.91 Å². The number of aromatic nitrogens is 3. The van der Waals surface area contributed by atoms with Crippen LogP contribution in [-0.2, 0) is 11.3 Å². The minimum Gasteiger partial charge on any atom is -0.352 e. The van der Waals surface area contributed by atoms with Crippen molar-refractivity contribution in [1.29, 1.82) is 0 Å². The second kappa shape index (κ2) is 7.65. The lowest BCUT2D eigenvalue weighted by Crippen LogP contribution is -2.39. The van der Waals surface area contributed by atoms with Gasteiger partial charge in [-0.25, -0.2) is 9.67 Å². The number of rotatable bonds is 6. The summed E-state index contributed by atoms with van der Waals surface area (Å²) >= 11 is 1.65. The summed E-state index contributed by atoms with van der Waals surface area (Å²) < 4.78 is 1.79. The molecular formula is C18H21N5O2S. The van der Waals surface area contributed by atoms with Gasteiger partial charge in [-0.3, -0.25) is 9.59 Å². The lowest BCUT2D eigenvalue weighted by Gasteiger charge is -2.10. The molecule has 0 aliphatic rings. The molecule has 136 valence electrons. The number of fused-ring (bicyclic) bond motifs is 1. The van der Waals surface area contributed by atoms with Gasteiger partial charge >= 0.3 is 0 Å². The lowest BCUT2D eigenvalue weighted by atomic mass is 10.1. The number of hydrogen-bond acceptors (Lipinski definition) is 5. The molecule has 0 bridgehead atoms. The lowest BCUT2D eigenvalue weighted by molar-refractivity contribution is -0.120. The fraction of sp³-hybridized carbons (Fsp3) is 0.333. The van der Waals surface area contributed by atoms with E-state index in [4.69, 9.17) is 0 Å². The normalized spacial score (nSPS) is 11.1. The standard InChI is InChI=1S/C18H21N5O2S/c1-11(2)21-16(24)9-19-18(25)14-7-12(3)22-17-15(14)8-20-23(17)10-13-5-4-6-26-13/h4-8,11H,9-10H2,1-3H3,(H,19,25)(H,21,24). The zero-order chi connectivity index (χ0) is 18.7. The molecule has 0 spiro atoms. The number of carbonyl (C=O) groups is 2. The van der Waals surface area contributed by atoms with E-state index in [1.54, 1.807) is 28.3 Å². The van der Waals surface area contributed by atoms with Crippen molar-refractivity contribution in [2.24, 2.45) is 0 Å². The van der Waals surface area contributed by atoms with Crippen molar-refractivity contribution >= 4 is 34.2 Å². The monoisotopic (exact) mass is 371 g/mol. The molecule has 0 aliphatic heterocycles. The third-order valence-electron chi connectivity index (χ3n) is 3.73. The Labute approximate surface area is 155 Å². The predicted octanol–water partition coefficient (Wildman–Crippen LogP) is 2.10. The molecule has 0 radical (unpaired) electrons. The molecule has 0 aliphatic carbocycles.